The van der Waals surface area contributed by atoms with Crippen LogP contribution in [-0.2, 0) is 4.79 Å². The fraction of sp³-hybridized carbons (Fsp3) is 0.429. The Labute approximate surface area is 121 Å². The van der Waals surface area contributed by atoms with Gasteiger partial charge in [0.25, 0.3) is 11.6 Å². The molecule has 0 radical (unpaired) electrons. The van der Waals surface area contributed by atoms with Gasteiger partial charge in [-0.05, 0) is 31.9 Å². The summed E-state index contributed by atoms with van der Waals surface area (Å²) >= 11 is 0. The second kappa shape index (κ2) is 5.90. The number of amides is 1. The number of likely N-dealkylation sites (tertiary alicyclic amines) is 1. The Kier molecular flexibility index (Phi) is 4.21. The van der Waals surface area contributed by atoms with Gasteiger partial charge in [0, 0.05) is 30.3 Å². The second-order valence-corrected chi connectivity index (χ2v) is 5.21. The molecule has 1 aliphatic heterocycles. The lowest BCUT2D eigenvalue weighted by Crippen LogP contribution is -2.46. The van der Waals surface area contributed by atoms with Crippen molar-refractivity contribution in [2.24, 2.45) is 5.92 Å². The number of hydrogen-bond acceptors (Lipinski definition) is 4. The highest BCUT2D eigenvalue weighted by Crippen LogP contribution is 2.25. The first kappa shape index (κ1) is 15.0. The lowest BCUT2D eigenvalue weighted by atomic mass is 9.91. The molecule has 0 aliphatic carbocycles. The van der Waals surface area contributed by atoms with Gasteiger partial charge in [0.15, 0.2) is 0 Å². The Hall–Kier alpha value is -2.44. The normalized spacial score (nSPS) is 21.9. The Morgan fingerprint density at radius 2 is 1.95 bits per heavy atom. The maximum absolute atomic E-state index is 12.4. The largest absolute Gasteiger partial charge is 0.481 e. The summed E-state index contributed by atoms with van der Waals surface area (Å²) in [6.45, 7) is 2.20. The van der Waals surface area contributed by atoms with Gasteiger partial charge in [0.2, 0.25) is 0 Å². The highest BCUT2D eigenvalue weighted by molar-refractivity contribution is 5.94. The lowest BCUT2D eigenvalue weighted by molar-refractivity contribution is -0.384. The third-order valence-corrected chi connectivity index (χ3v) is 3.81. The molecule has 1 aromatic carbocycles. The van der Waals surface area contributed by atoms with Crippen molar-refractivity contribution < 1.29 is 19.6 Å². The molecule has 7 nitrogen and oxygen atoms in total. The summed E-state index contributed by atoms with van der Waals surface area (Å²) in [7, 11) is 0. The van der Waals surface area contributed by atoms with Crippen LogP contribution in [0.15, 0.2) is 24.3 Å². The summed E-state index contributed by atoms with van der Waals surface area (Å²) in [4.78, 5) is 35.1. The molecule has 0 saturated carbocycles. The van der Waals surface area contributed by atoms with Gasteiger partial charge in [0.05, 0.1) is 10.8 Å². The average molecular weight is 292 g/mol. The molecule has 2 rings (SSSR count). The Morgan fingerprint density at radius 3 is 2.43 bits per heavy atom. The number of carboxylic acids is 1. The van der Waals surface area contributed by atoms with Gasteiger partial charge in [0.1, 0.15) is 0 Å². The molecule has 1 aromatic rings. The quantitative estimate of drug-likeness (QED) is 0.677. The molecule has 0 aromatic heterocycles. The van der Waals surface area contributed by atoms with E-state index in [0.717, 1.165) is 0 Å². The molecule has 2 unspecified atom stereocenters. The molecule has 21 heavy (non-hydrogen) atoms. The van der Waals surface area contributed by atoms with Crippen LogP contribution in [-0.4, -0.2) is 39.4 Å². The van der Waals surface area contributed by atoms with E-state index in [0.29, 0.717) is 24.9 Å². The van der Waals surface area contributed by atoms with Crippen LogP contribution in [0.5, 0.6) is 0 Å². The van der Waals surface area contributed by atoms with Crippen molar-refractivity contribution in [3.05, 3.63) is 39.9 Å². The van der Waals surface area contributed by atoms with Gasteiger partial charge < -0.3 is 10.0 Å². The highest BCUT2D eigenvalue weighted by atomic mass is 16.6. The van der Waals surface area contributed by atoms with Crippen molar-refractivity contribution in [2.75, 3.05) is 6.54 Å². The van der Waals surface area contributed by atoms with Crippen molar-refractivity contribution >= 4 is 17.6 Å². The molecule has 0 spiro atoms. The molecule has 7 heteroatoms. The maximum Gasteiger partial charge on any atom is 0.306 e. The molecule has 1 fully saturated rings. The minimum atomic E-state index is -0.829. The van der Waals surface area contributed by atoms with Crippen LogP contribution in [0.2, 0.25) is 0 Å². The number of rotatable bonds is 3. The standard InChI is InChI=1S/C14H16N2O5/c1-9-8-11(14(18)19)6-7-15(9)13(17)10-2-4-12(5-3-10)16(20)21/h2-5,9,11H,6-8H2,1H3,(H,18,19). The van der Waals surface area contributed by atoms with E-state index >= 15 is 0 Å². The summed E-state index contributed by atoms with van der Waals surface area (Å²) in [5.41, 5.74) is 0.311. The fourth-order valence-electron chi connectivity index (χ4n) is 2.59. The summed E-state index contributed by atoms with van der Waals surface area (Å²) in [6, 6.07) is 5.28. The van der Waals surface area contributed by atoms with Crippen LogP contribution in [0.1, 0.15) is 30.1 Å². The molecule has 2 atom stereocenters. The fourth-order valence-corrected chi connectivity index (χ4v) is 2.59. The first-order chi connectivity index (χ1) is 9.90. The third kappa shape index (κ3) is 3.18. The van der Waals surface area contributed by atoms with Crippen LogP contribution < -0.4 is 0 Å². The van der Waals surface area contributed by atoms with E-state index < -0.39 is 16.8 Å². The number of hydrogen-bond donors (Lipinski definition) is 1. The number of carboxylic acid groups (broad SMARTS) is 1. The number of benzene rings is 1. The van der Waals surface area contributed by atoms with Crippen LogP contribution in [0.25, 0.3) is 0 Å². The van der Waals surface area contributed by atoms with Gasteiger partial charge in [-0.3, -0.25) is 19.7 Å². The van der Waals surface area contributed by atoms with Gasteiger partial charge >= 0.3 is 5.97 Å². The highest BCUT2D eigenvalue weighted by Gasteiger charge is 2.32. The van der Waals surface area contributed by atoms with Gasteiger partial charge in [-0.15, -0.1) is 0 Å². The first-order valence-electron chi connectivity index (χ1n) is 6.68. The minimum Gasteiger partial charge on any atom is -0.481 e. The number of nitrogens with zero attached hydrogens (tertiary/aromatic N) is 2. The number of nitro groups is 1. The van der Waals surface area contributed by atoms with E-state index in [2.05, 4.69) is 0 Å². The maximum atomic E-state index is 12.4. The monoisotopic (exact) mass is 292 g/mol. The predicted octanol–water partition coefficient (Wildman–Crippen LogP) is 1.92. The zero-order valence-electron chi connectivity index (χ0n) is 11.6. The molecule has 0 bridgehead atoms. The first-order valence-corrected chi connectivity index (χ1v) is 6.68. The molecular weight excluding hydrogens is 276 g/mol. The number of carbonyl (C=O) groups excluding carboxylic acids is 1. The van der Waals surface area contributed by atoms with E-state index in [9.17, 15) is 19.7 Å². The summed E-state index contributed by atoms with van der Waals surface area (Å²) in [5.74, 6) is -1.47. The lowest BCUT2D eigenvalue weighted by Gasteiger charge is -2.36. The molecule has 1 N–H and O–H groups in total. The van der Waals surface area contributed by atoms with Crippen LogP contribution >= 0.6 is 0 Å². The Bertz CT molecular complexity index is 569. The van der Waals surface area contributed by atoms with Crippen LogP contribution in [0, 0.1) is 16.0 Å². The zero-order valence-corrected chi connectivity index (χ0v) is 11.6. The van der Waals surface area contributed by atoms with E-state index in [1.165, 1.54) is 24.3 Å². The van der Waals surface area contributed by atoms with Crippen molar-refractivity contribution in [1.82, 2.24) is 4.90 Å². The van der Waals surface area contributed by atoms with E-state index in [4.69, 9.17) is 5.11 Å². The van der Waals surface area contributed by atoms with Gasteiger partial charge in [-0.1, -0.05) is 0 Å². The van der Waals surface area contributed by atoms with Crippen molar-refractivity contribution in [2.45, 2.75) is 25.8 Å². The topological polar surface area (TPSA) is 101 Å². The molecule has 1 heterocycles. The SMILES string of the molecule is CC1CC(C(=O)O)CCN1C(=O)c1ccc([N+](=O)[O-])cc1. The second-order valence-electron chi connectivity index (χ2n) is 5.21. The summed E-state index contributed by atoms with van der Waals surface area (Å²) in [5, 5.41) is 19.6. The average Bonchev–Trinajstić information content (AvgIpc) is 2.46. The number of carbonyl (C=O) groups is 2. The molecular formula is C14H16N2O5. The molecule has 112 valence electrons. The molecule has 1 amide bonds. The number of non-ortho nitro benzene ring substituents is 1. The minimum absolute atomic E-state index is 0.0656. The van der Waals surface area contributed by atoms with Crippen molar-refractivity contribution in [3.8, 4) is 0 Å². The van der Waals surface area contributed by atoms with Gasteiger partial charge in [-0.25, -0.2) is 0 Å². The predicted molar refractivity (Wildman–Crippen MR) is 74.0 cm³/mol. The van der Waals surface area contributed by atoms with Crippen molar-refractivity contribution in [3.63, 3.8) is 0 Å². The Balaban J connectivity index is 2.10. The molecule has 1 saturated heterocycles. The van der Waals surface area contributed by atoms with E-state index in [-0.39, 0.29) is 17.6 Å². The Morgan fingerprint density at radius 1 is 1.33 bits per heavy atom. The van der Waals surface area contributed by atoms with Crippen LogP contribution in [0.4, 0.5) is 5.69 Å². The molecule has 1 aliphatic rings. The van der Waals surface area contributed by atoms with Crippen molar-refractivity contribution in [1.29, 1.82) is 0 Å². The van der Waals surface area contributed by atoms with E-state index in [1.807, 2.05) is 6.92 Å². The summed E-state index contributed by atoms with van der Waals surface area (Å²) in [6.07, 6.45) is 0.854. The van der Waals surface area contributed by atoms with Gasteiger partial charge in [-0.2, -0.15) is 0 Å². The number of piperidine rings is 1. The van der Waals surface area contributed by atoms with E-state index in [1.54, 1.807) is 4.90 Å². The smallest absolute Gasteiger partial charge is 0.306 e. The zero-order chi connectivity index (χ0) is 15.6. The third-order valence-electron chi connectivity index (χ3n) is 3.81. The van der Waals surface area contributed by atoms with Crippen LogP contribution in [0.3, 0.4) is 0 Å². The number of nitro benzene ring substituents is 1. The summed E-state index contributed by atoms with van der Waals surface area (Å²) < 4.78 is 0. The number of aliphatic carboxylic acids is 1.